The summed E-state index contributed by atoms with van der Waals surface area (Å²) >= 11 is 0. The van der Waals surface area contributed by atoms with Gasteiger partial charge in [0.25, 0.3) is 0 Å². The van der Waals surface area contributed by atoms with Gasteiger partial charge in [0, 0.05) is 18.2 Å². The molecule has 3 aromatic rings. The summed E-state index contributed by atoms with van der Waals surface area (Å²) in [5.41, 5.74) is 6.15. The van der Waals surface area contributed by atoms with Crippen LogP contribution in [0.25, 0.3) is 11.1 Å². The minimum absolute atomic E-state index is 0.308. The van der Waals surface area contributed by atoms with Crippen LogP contribution in [-0.2, 0) is 6.54 Å². The summed E-state index contributed by atoms with van der Waals surface area (Å²) in [5, 5.41) is 3.61. The van der Waals surface area contributed by atoms with Gasteiger partial charge in [-0.3, -0.25) is 0 Å². The molecule has 0 aliphatic rings. The predicted molar refractivity (Wildman–Crippen MR) is 105 cm³/mol. The summed E-state index contributed by atoms with van der Waals surface area (Å²) in [6, 6.07) is 25.8. The first-order valence-electron chi connectivity index (χ1n) is 8.69. The molecule has 3 aromatic carbocycles. The topological polar surface area (TPSA) is 21.3 Å². The molecule has 0 fully saturated rings. The molecule has 0 radical (unpaired) electrons. The molecule has 128 valence electrons. The highest BCUT2D eigenvalue weighted by atomic mass is 16.5. The number of methoxy groups -OCH3 is 1. The molecule has 1 atom stereocenters. The van der Waals surface area contributed by atoms with Crippen LogP contribution >= 0.6 is 0 Å². The van der Waals surface area contributed by atoms with Gasteiger partial charge in [-0.2, -0.15) is 0 Å². The van der Waals surface area contributed by atoms with Crippen molar-refractivity contribution < 1.29 is 4.74 Å². The molecular formula is C23H25NO. The van der Waals surface area contributed by atoms with E-state index in [2.05, 4.69) is 85.9 Å². The van der Waals surface area contributed by atoms with Crippen molar-refractivity contribution in [1.82, 2.24) is 5.32 Å². The normalized spacial score (nSPS) is 12.0. The Morgan fingerprint density at radius 3 is 2.32 bits per heavy atom. The number of hydrogen-bond donors (Lipinski definition) is 1. The largest absolute Gasteiger partial charge is 0.496 e. The van der Waals surface area contributed by atoms with Crippen LogP contribution in [0.5, 0.6) is 5.75 Å². The SMILES string of the molecule is COc1ccc(CN[C@H](C)c2ccc(C)cc2)cc1-c1ccccc1. The second-order valence-corrected chi connectivity index (χ2v) is 6.41. The van der Waals surface area contributed by atoms with E-state index in [4.69, 9.17) is 4.74 Å². The zero-order chi connectivity index (χ0) is 17.6. The molecule has 0 heterocycles. The third kappa shape index (κ3) is 4.28. The van der Waals surface area contributed by atoms with Crippen molar-refractivity contribution in [1.29, 1.82) is 0 Å². The van der Waals surface area contributed by atoms with Crippen LogP contribution in [0.1, 0.15) is 29.7 Å². The Balaban J connectivity index is 1.76. The zero-order valence-corrected chi connectivity index (χ0v) is 15.1. The molecule has 0 spiro atoms. The molecule has 3 rings (SSSR count). The number of aryl methyl sites for hydroxylation is 1. The number of nitrogens with one attached hydrogen (secondary N) is 1. The average molecular weight is 331 g/mol. The van der Waals surface area contributed by atoms with Crippen LogP contribution in [0, 0.1) is 6.92 Å². The lowest BCUT2D eigenvalue weighted by atomic mass is 10.0. The van der Waals surface area contributed by atoms with Gasteiger partial charge in [0.15, 0.2) is 0 Å². The van der Waals surface area contributed by atoms with Crippen molar-refractivity contribution in [3.8, 4) is 16.9 Å². The van der Waals surface area contributed by atoms with E-state index < -0.39 is 0 Å². The highest BCUT2D eigenvalue weighted by Crippen LogP contribution is 2.31. The zero-order valence-electron chi connectivity index (χ0n) is 15.1. The average Bonchev–Trinajstić information content (AvgIpc) is 2.67. The van der Waals surface area contributed by atoms with Crippen LogP contribution in [0.3, 0.4) is 0 Å². The van der Waals surface area contributed by atoms with Crippen molar-refractivity contribution in [2.24, 2.45) is 0 Å². The molecule has 1 N–H and O–H groups in total. The van der Waals surface area contributed by atoms with Gasteiger partial charge in [0.05, 0.1) is 7.11 Å². The summed E-state index contributed by atoms with van der Waals surface area (Å²) in [7, 11) is 1.72. The van der Waals surface area contributed by atoms with Crippen LogP contribution in [-0.4, -0.2) is 7.11 Å². The van der Waals surface area contributed by atoms with E-state index in [1.807, 2.05) is 6.07 Å². The van der Waals surface area contributed by atoms with E-state index in [0.717, 1.165) is 17.9 Å². The van der Waals surface area contributed by atoms with Crippen molar-refractivity contribution in [2.75, 3.05) is 7.11 Å². The number of ether oxygens (including phenoxy) is 1. The molecule has 2 nitrogen and oxygen atoms in total. The molecule has 0 aromatic heterocycles. The third-order valence-electron chi connectivity index (χ3n) is 4.54. The first kappa shape index (κ1) is 17.2. The van der Waals surface area contributed by atoms with Crippen LogP contribution < -0.4 is 10.1 Å². The molecule has 2 heteroatoms. The van der Waals surface area contributed by atoms with Crippen molar-refractivity contribution in [3.05, 3.63) is 89.5 Å². The third-order valence-corrected chi connectivity index (χ3v) is 4.54. The fourth-order valence-corrected chi connectivity index (χ4v) is 2.95. The molecule has 0 saturated carbocycles. The Hall–Kier alpha value is -2.58. The Kier molecular flexibility index (Phi) is 5.52. The predicted octanol–water partition coefficient (Wildman–Crippen LogP) is 5.52. The second kappa shape index (κ2) is 8.00. The van der Waals surface area contributed by atoms with Gasteiger partial charge in [0.1, 0.15) is 5.75 Å². The summed E-state index contributed by atoms with van der Waals surface area (Å²) in [6.45, 7) is 5.13. The molecular weight excluding hydrogens is 306 g/mol. The summed E-state index contributed by atoms with van der Waals surface area (Å²) < 4.78 is 5.54. The van der Waals surface area contributed by atoms with Gasteiger partial charge in [-0.25, -0.2) is 0 Å². The molecule has 0 saturated heterocycles. The minimum Gasteiger partial charge on any atom is -0.496 e. The first-order chi connectivity index (χ1) is 12.2. The number of benzene rings is 3. The monoisotopic (exact) mass is 331 g/mol. The van der Waals surface area contributed by atoms with E-state index in [1.165, 1.54) is 22.3 Å². The smallest absolute Gasteiger partial charge is 0.126 e. The number of rotatable bonds is 6. The van der Waals surface area contributed by atoms with E-state index >= 15 is 0 Å². The van der Waals surface area contributed by atoms with Crippen LogP contribution in [0.2, 0.25) is 0 Å². The van der Waals surface area contributed by atoms with E-state index in [0.29, 0.717) is 6.04 Å². The quantitative estimate of drug-likeness (QED) is 0.642. The maximum absolute atomic E-state index is 5.54. The Labute approximate surface area is 150 Å². The lowest BCUT2D eigenvalue weighted by Crippen LogP contribution is -2.18. The highest BCUT2D eigenvalue weighted by molar-refractivity contribution is 5.71. The molecule has 0 aliphatic heterocycles. The van der Waals surface area contributed by atoms with Gasteiger partial charge in [-0.05, 0) is 42.7 Å². The highest BCUT2D eigenvalue weighted by Gasteiger charge is 2.09. The van der Waals surface area contributed by atoms with Gasteiger partial charge in [-0.1, -0.05) is 66.2 Å². The molecule has 25 heavy (non-hydrogen) atoms. The Morgan fingerprint density at radius 1 is 0.920 bits per heavy atom. The van der Waals surface area contributed by atoms with Gasteiger partial charge in [-0.15, -0.1) is 0 Å². The molecule has 0 bridgehead atoms. The number of hydrogen-bond acceptors (Lipinski definition) is 2. The lowest BCUT2D eigenvalue weighted by molar-refractivity contribution is 0.416. The molecule has 0 unspecified atom stereocenters. The fourth-order valence-electron chi connectivity index (χ4n) is 2.95. The molecule has 0 amide bonds. The van der Waals surface area contributed by atoms with E-state index in [1.54, 1.807) is 7.11 Å². The van der Waals surface area contributed by atoms with E-state index in [9.17, 15) is 0 Å². The van der Waals surface area contributed by atoms with Crippen molar-refractivity contribution >= 4 is 0 Å². The Morgan fingerprint density at radius 2 is 1.64 bits per heavy atom. The summed E-state index contributed by atoms with van der Waals surface area (Å²) in [5.74, 6) is 0.904. The lowest BCUT2D eigenvalue weighted by Gasteiger charge is -2.16. The fraction of sp³-hybridized carbons (Fsp3) is 0.217. The Bertz CT molecular complexity index is 809. The van der Waals surface area contributed by atoms with Gasteiger partial charge >= 0.3 is 0 Å². The van der Waals surface area contributed by atoms with E-state index in [-0.39, 0.29) is 0 Å². The summed E-state index contributed by atoms with van der Waals surface area (Å²) in [6.07, 6.45) is 0. The maximum atomic E-state index is 5.54. The van der Waals surface area contributed by atoms with Gasteiger partial charge < -0.3 is 10.1 Å². The minimum atomic E-state index is 0.308. The second-order valence-electron chi connectivity index (χ2n) is 6.41. The maximum Gasteiger partial charge on any atom is 0.126 e. The molecule has 0 aliphatic carbocycles. The van der Waals surface area contributed by atoms with Crippen LogP contribution in [0.4, 0.5) is 0 Å². The van der Waals surface area contributed by atoms with Crippen LogP contribution in [0.15, 0.2) is 72.8 Å². The summed E-state index contributed by atoms with van der Waals surface area (Å²) in [4.78, 5) is 0. The van der Waals surface area contributed by atoms with Crippen molar-refractivity contribution in [2.45, 2.75) is 26.4 Å². The standard InChI is InChI=1S/C23H25NO/c1-17-9-12-20(13-10-17)18(2)24-16-19-11-14-23(25-3)22(15-19)21-7-5-4-6-8-21/h4-15,18,24H,16H2,1-3H3/t18-/m1/s1. The van der Waals surface area contributed by atoms with Gasteiger partial charge in [0.2, 0.25) is 0 Å². The first-order valence-corrected chi connectivity index (χ1v) is 8.69. The van der Waals surface area contributed by atoms with Crippen molar-refractivity contribution in [3.63, 3.8) is 0 Å².